The first-order valence-corrected chi connectivity index (χ1v) is 10.0. The molecule has 0 aliphatic carbocycles. The van der Waals surface area contributed by atoms with Crippen LogP contribution >= 0.6 is 11.6 Å². The van der Waals surface area contributed by atoms with Gasteiger partial charge in [-0.1, -0.05) is 60.1 Å². The third kappa shape index (κ3) is 5.15. The molecule has 1 aromatic heterocycles. The smallest absolute Gasteiger partial charge is 0.271 e. The summed E-state index contributed by atoms with van der Waals surface area (Å²) in [4.78, 5) is 21.5. The fourth-order valence-corrected chi connectivity index (χ4v) is 3.21. The fraction of sp³-hybridized carbons (Fsp3) is 0. The molecule has 0 atom stereocenters. The number of carbonyl (C=O) groups excluding carboxylic acids is 1. The highest BCUT2D eigenvalue weighted by Gasteiger charge is 2.10. The normalized spacial score (nSPS) is 11.3. The molecule has 0 fully saturated rings. The molecule has 1 amide bonds. The number of aromatic nitrogens is 1. The quantitative estimate of drug-likeness (QED) is 0.291. The van der Waals surface area contributed by atoms with E-state index in [1.165, 1.54) is 0 Å². The molecule has 2 N–H and O–H groups in total. The van der Waals surface area contributed by atoms with Crippen LogP contribution in [-0.4, -0.2) is 17.1 Å². The zero-order valence-electron chi connectivity index (χ0n) is 16.5. The number of aliphatic imine (C=N–C) groups is 1. The van der Waals surface area contributed by atoms with Crippen molar-refractivity contribution in [2.24, 2.45) is 4.99 Å². The second kappa shape index (κ2) is 9.69. The van der Waals surface area contributed by atoms with Crippen LogP contribution in [0.15, 0.2) is 96.1 Å². The molecule has 0 spiro atoms. The summed E-state index contributed by atoms with van der Waals surface area (Å²) in [5.41, 5.74) is 9.28. The van der Waals surface area contributed by atoms with E-state index in [9.17, 15) is 4.79 Å². The van der Waals surface area contributed by atoms with Gasteiger partial charge < -0.3 is 0 Å². The molecule has 3 aromatic carbocycles. The van der Waals surface area contributed by atoms with Gasteiger partial charge in [0.25, 0.3) is 5.91 Å². The largest absolute Gasteiger partial charge is 0.298 e. The van der Waals surface area contributed by atoms with Crippen molar-refractivity contribution in [3.05, 3.63) is 107 Å². The Bertz CT molecular complexity index is 1270. The van der Waals surface area contributed by atoms with Crippen LogP contribution in [0.5, 0.6) is 0 Å². The van der Waals surface area contributed by atoms with E-state index in [-0.39, 0.29) is 5.91 Å². The molecule has 152 valence electrons. The van der Waals surface area contributed by atoms with Gasteiger partial charge in [-0.25, -0.2) is 0 Å². The lowest BCUT2D eigenvalue weighted by atomic mass is 10.1. The highest BCUT2D eigenvalue weighted by Crippen LogP contribution is 2.24. The number of amides is 1. The predicted molar refractivity (Wildman–Crippen MR) is 128 cm³/mol. The van der Waals surface area contributed by atoms with Crippen LogP contribution in [0.4, 0.5) is 11.4 Å². The third-order valence-corrected chi connectivity index (χ3v) is 4.79. The van der Waals surface area contributed by atoms with Crippen molar-refractivity contribution in [3.63, 3.8) is 0 Å². The molecule has 0 aliphatic heterocycles. The van der Waals surface area contributed by atoms with E-state index in [2.05, 4.69) is 20.8 Å². The average Bonchev–Trinajstić information content (AvgIpc) is 2.81. The van der Waals surface area contributed by atoms with Gasteiger partial charge in [0.15, 0.2) is 0 Å². The lowest BCUT2D eigenvalue weighted by molar-refractivity contribution is 0.0963. The number of hydrogen-bond acceptors (Lipinski definition) is 4. The molecular weight excluding hydrogens is 408 g/mol. The minimum absolute atomic E-state index is 0.293. The van der Waals surface area contributed by atoms with E-state index in [0.29, 0.717) is 16.3 Å². The summed E-state index contributed by atoms with van der Waals surface area (Å²) >= 11 is 6.03. The number of benzene rings is 3. The summed E-state index contributed by atoms with van der Waals surface area (Å²) in [5, 5.41) is 1.46. The van der Waals surface area contributed by atoms with Crippen molar-refractivity contribution < 1.29 is 4.79 Å². The van der Waals surface area contributed by atoms with Gasteiger partial charge in [-0.15, -0.1) is 0 Å². The Kier molecular flexibility index (Phi) is 6.35. The predicted octanol–water partition coefficient (Wildman–Crippen LogP) is 6.06. The number of nitrogens with one attached hydrogen (secondary N) is 2. The summed E-state index contributed by atoms with van der Waals surface area (Å²) in [5.74, 6) is -0.293. The van der Waals surface area contributed by atoms with Gasteiger partial charge in [0.2, 0.25) is 0 Å². The van der Waals surface area contributed by atoms with Crippen LogP contribution in [0.1, 0.15) is 15.9 Å². The molecule has 1 heterocycles. The highest BCUT2D eigenvalue weighted by molar-refractivity contribution is 6.31. The van der Waals surface area contributed by atoms with Gasteiger partial charge in [0.1, 0.15) is 0 Å². The van der Waals surface area contributed by atoms with Crippen LogP contribution in [0.2, 0.25) is 5.02 Å². The number of carbonyl (C=O) groups is 1. The minimum atomic E-state index is -0.293. The maximum absolute atomic E-state index is 12.8. The van der Waals surface area contributed by atoms with E-state index in [1.807, 2.05) is 54.6 Å². The number of hydrogen-bond donors (Lipinski definition) is 2. The lowest BCUT2D eigenvalue weighted by Crippen LogP contribution is -2.29. The van der Waals surface area contributed by atoms with Crippen LogP contribution < -0.4 is 10.9 Å². The number of rotatable bonds is 6. The number of hydrazine groups is 1. The third-order valence-electron chi connectivity index (χ3n) is 4.55. The Morgan fingerprint density at radius 2 is 1.77 bits per heavy atom. The van der Waals surface area contributed by atoms with E-state index in [4.69, 9.17) is 11.6 Å². The molecule has 6 heteroatoms. The van der Waals surface area contributed by atoms with Crippen LogP contribution in [-0.2, 0) is 0 Å². The number of pyridine rings is 1. The Hall–Kier alpha value is -3.96. The van der Waals surface area contributed by atoms with E-state index in [1.54, 1.807) is 48.8 Å². The van der Waals surface area contributed by atoms with Gasteiger partial charge in [0.05, 0.1) is 22.5 Å². The molecule has 0 aliphatic rings. The van der Waals surface area contributed by atoms with Gasteiger partial charge in [-0.05, 0) is 48.0 Å². The molecule has 4 rings (SSSR count). The maximum Gasteiger partial charge on any atom is 0.271 e. The first-order chi connectivity index (χ1) is 15.2. The number of allylic oxidation sites excluding steroid dienone is 1. The first kappa shape index (κ1) is 20.3. The molecule has 0 saturated heterocycles. The second-order valence-electron chi connectivity index (χ2n) is 6.66. The van der Waals surface area contributed by atoms with E-state index in [0.717, 1.165) is 22.2 Å². The molecule has 0 unspecified atom stereocenters. The Labute approximate surface area is 185 Å². The van der Waals surface area contributed by atoms with Crippen LogP contribution in [0.25, 0.3) is 17.0 Å². The summed E-state index contributed by atoms with van der Waals surface area (Å²) in [6.07, 6.45) is 7.13. The minimum Gasteiger partial charge on any atom is -0.298 e. The molecular formula is C25H19ClN4O. The summed E-state index contributed by atoms with van der Waals surface area (Å²) < 4.78 is 0. The standard InChI is InChI=1S/C25H19ClN4O/c26-19-12-13-20-23(14-16-28-24(20)17-19)29-30-25(31)21-10-4-5-11-22(21)27-15-6-9-18-7-2-1-3-8-18/h1-17H,(H,28,29)(H,30,31)/b9-6+,27-15?. The summed E-state index contributed by atoms with van der Waals surface area (Å²) in [6, 6.07) is 24.3. The van der Waals surface area contributed by atoms with Crippen LogP contribution in [0.3, 0.4) is 0 Å². The van der Waals surface area contributed by atoms with Gasteiger partial charge in [0, 0.05) is 22.8 Å². The molecule has 4 aromatic rings. The number of halogens is 1. The molecule has 31 heavy (non-hydrogen) atoms. The topological polar surface area (TPSA) is 66.4 Å². The first-order valence-electron chi connectivity index (χ1n) is 9.66. The van der Waals surface area contributed by atoms with Crippen molar-refractivity contribution >= 4 is 52.1 Å². The fourth-order valence-electron chi connectivity index (χ4n) is 3.04. The number of nitrogens with zero attached hydrogens (tertiary/aromatic N) is 2. The molecule has 0 bridgehead atoms. The maximum atomic E-state index is 12.8. The van der Waals surface area contributed by atoms with Crippen molar-refractivity contribution in [2.45, 2.75) is 0 Å². The summed E-state index contributed by atoms with van der Waals surface area (Å²) in [7, 11) is 0. The van der Waals surface area contributed by atoms with Crippen molar-refractivity contribution in [1.29, 1.82) is 0 Å². The average molecular weight is 427 g/mol. The summed E-state index contributed by atoms with van der Waals surface area (Å²) in [6.45, 7) is 0. The Balaban J connectivity index is 1.47. The van der Waals surface area contributed by atoms with Gasteiger partial charge in [-0.3, -0.25) is 25.6 Å². The number of anilines is 1. The second-order valence-corrected chi connectivity index (χ2v) is 7.10. The zero-order chi connectivity index (χ0) is 21.5. The van der Waals surface area contributed by atoms with E-state index < -0.39 is 0 Å². The Morgan fingerprint density at radius 3 is 2.65 bits per heavy atom. The Morgan fingerprint density at radius 1 is 0.968 bits per heavy atom. The molecule has 0 saturated carbocycles. The highest BCUT2D eigenvalue weighted by atomic mass is 35.5. The van der Waals surface area contributed by atoms with Crippen molar-refractivity contribution in [3.8, 4) is 0 Å². The van der Waals surface area contributed by atoms with E-state index >= 15 is 0 Å². The number of fused-ring (bicyclic) bond motifs is 1. The number of para-hydroxylation sites is 1. The SMILES string of the molecule is O=C(NNc1ccnc2cc(Cl)ccc12)c1ccccc1N=C/C=C/c1ccccc1. The monoisotopic (exact) mass is 426 g/mol. The zero-order valence-corrected chi connectivity index (χ0v) is 17.3. The van der Waals surface area contributed by atoms with Gasteiger partial charge in [-0.2, -0.15) is 0 Å². The molecule has 5 nitrogen and oxygen atoms in total. The molecule has 0 radical (unpaired) electrons. The van der Waals surface area contributed by atoms with Gasteiger partial charge >= 0.3 is 0 Å². The van der Waals surface area contributed by atoms with Crippen molar-refractivity contribution in [2.75, 3.05) is 5.43 Å². The lowest BCUT2D eigenvalue weighted by Gasteiger charge is -2.12. The van der Waals surface area contributed by atoms with Crippen LogP contribution in [0, 0.1) is 0 Å². The van der Waals surface area contributed by atoms with Crippen molar-refractivity contribution in [1.82, 2.24) is 10.4 Å².